The van der Waals surface area contributed by atoms with E-state index in [1.807, 2.05) is 0 Å². The number of amides is 2. The number of hydrogen-bond donors (Lipinski definition) is 0. The van der Waals surface area contributed by atoms with Crippen molar-refractivity contribution in [1.82, 2.24) is 0 Å². The van der Waals surface area contributed by atoms with E-state index in [9.17, 15) is 34.6 Å². The molecule has 2 saturated heterocycles. The maximum Gasteiger partial charge on any atom is 0.343 e. The minimum atomic E-state index is -1.24. The molecule has 0 radical (unpaired) electrons. The van der Waals surface area contributed by atoms with Gasteiger partial charge in [0.15, 0.2) is 6.10 Å². The lowest BCUT2D eigenvalue weighted by atomic mass is 9.90. The van der Waals surface area contributed by atoms with Crippen molar-refractivity contribution >= 4 is 40.5 Å². The number of fused-ring (bicyclic) bond motifs is 1. The van der Waals surface area contributed by atoms with Crippen molar-refractivity contribution < 1.29 is 33.8 Å². The van der Waals surface area contributed by atoms with Crippen molar-refractivity contribution in [2.45, 2.75) is 12.1 Å². The Bertz CT molecular complexity index is 1740. The van der Waals surface area contributed by atoms with Crippen LogP contribution in [0.5, 0.6) is 5.75 Å². The predicted octanol–water partition coefficient (Wildman–Crippen LogP) is 4.77. The lowest BCUT2D eigenvalue weighted by Crippen LogP contribution is -2.37. The standard InChI is InChI=1S/C30H20N4O9/c35-28-25-26(18-6-16-24(17-7-18)42-30(37)19-4-2-1-3-5-19)32(21-10-14-23(15-11-21)34(40)41)43-27(25)29(36)31(28)20-8-12-22(13-9-20)33(38)39/h1-17,25-27H/t25-,26+,27+/m0/s1. The summed E-state index contributed by atoms with van der Waals surface area (Å²) < 4.78 is 5.47. The number of hydroxylamine groups is 1. The molecule has 3 atom stereocenters. The molecule has 43 heavy (non-hydrogen) atoms. The number of anilines is 2. The number of nitro groups is 2. The van der Waals surface area contributed by atoms with Gasteiger partial charge in [0.25, 0.3) is 17.3 Å². The Kier molecular flexibility index (Phi) is 6.84. The van der Waals surface area contributed by atoms with Crippen molar-refractivity contribution in [2.24, 2.45) is 5.92 Å². The zero-order chi connectivity index (χ0) is 30.2. The van der Waals surface area contributed by atoms with Crippen molar-refractivity contribution in [3.8, 4) is 5.75 Å². The fourth-order valence-electron chi connectivity index (χ4n) is 5.15. The molecule has 13 nitrogen and oxygen atoms in total. The Balaban J connectivity index is 1.33. The largest absolute Gasteiger partial charge is 0.423 e. The molecule has 0 unspecified atom stereocenters. The van der Waals surface area contributed by atoms with Crippen molar-refractivity contribution in [2.75, 3.05) is 9.96 Å². The number of carbonyl (C=O) groups excluding carboxylic acids is 3. The Hall–Kier alpha value is -5.95. The van der Waals surface area contributed by atoms with E-state index in [1.54, 1.807) is 54.6 Å². The summed E-state index contributed by atoms with van der Waals surface area (Å²) in [5.41, 5.74) is 1.08. The second kappa shape index (κ2) is 10.8. The highest BCUT2D eigenvalue weighted by atomic mass is 16.7. The Morgan fingerprint density at radius 1 is 0.721 bits per heavy atom. The van der Waals surface area contributed by atoms with Gasteiger partial charge in [-0.15, -0.1) is 0 Å². The third-order valence-corrected chi connectivity index (χ3v) is 7.19. The molecule has 2 heterocycles. The number of ether oxygens (including phenoxy) is 1. The van der Waals surface area contributed by atoms with E-state index in [0.29, 0.717) is 16.8 Å². The van der Waals surface area contributed by atoms with Crippen molar-refractivity contribution in [3.05, 3.63) is 134 Å². The molecule has 6 rings (SSSR count). The van der Waals surface area contributed by atoms with Crippen molar-refractivity contribution in [3.63, 3.8) is 0 Å². The molecule has 2 aliphatic heterocycles. The summed E-state index contributed by atoms with van der Waals surface area (Å²) in [5, 5.41) is 23.6. The molecule has 2 fully saturated rings. The van der Waals surface area contributed by atoms with Gasteiger partial charge in [-0.1, -0.05) is 30.3 Å². The highest BCUT2D eigenvalue weighted by Crippen LogP contribution is 2.48. The summed E-state index contributed by atoms with van der Waals surface area (Å²) >= 11 is 0. The molecular formula is C30H20N4O9. The summed E-state index contributed by atoms with van der Waals surface area (Å²) in [6, 6.07) is 24.4. The highest BCUT2D eigenvalue weighted by Gasteiger charge is 2.60. The number of benzene rings is 4. The van der Waals surface area contributed by atoms with Gasteiger partial charge in [0, 0.05) is 24.3 Å². The number of hydrogen-bond acceptors (Lipinski definition) is 10. The van der Waals surface area contributed by atoms with Gasteiger partial charge in [-0.3, -0.25) is 34.7 Å². The van der Waals surface area contributed by atoms with Crippen LogP contribution >= 0.6 is 0 Å². The summed E-state index contributed by atoms with van der Waals surface area (Å²) in [6.45, 7) is 0. The molecule has 0 bridgehead atoms. The number of nitrogens with zero attached hydrogens (tertiary/aromatic N) is 4. The highest BCUT2D eigenvalue weighted by molar-refractivity contribution is 6.24. The first-order valence-electron chi connectivity index (χ1n) is 12.9. The second-order valence-corrected chi connectivity index (χ2v) is 9.71. The molecule has 2 amide bonds. The number of carbonyl (C=O) groups is 3. The summed E-state index contributed by atoms with van der Waals surface area (Å²) in [5.74, 6) is -2.59. The van der Waals surface area contributed by atoms with Crippen LogP contribution in [0.3, 0.4) is 0 Å². The minimum Gasteiger partial charge on any atom is -0.423 e. The molecule has 13 heteroatoms. The van der Waals surface area contributed by atoms with Gasteiger partial charge in [0.1, 0.15) is 11.7 Å². The van der Waals surface area contributed by atoms with Crippen LogP contribution in [0, 0.1) is 26.1 Å². The van der Waals surface area contributed by atoms with E-state index in [-0.39, 0.29) is 22.8 Å². The first-order chi connectivity index (χ1) is 20.7. The molecule has 0 aliphatic carbocycles. The van der Waals surface area contributed by atoms with Gasteiger partial charge < -0.3 is 4.74 Å². The van der Waals surface area contributed by atoms with Crippen LogP contribution in [0.1, 0.15) is 22.0 Å². The summed E-state index contributed by atoms with van der Waals surface area (Å²) in [7, 11) is 0. The number of rotatable bonds is 7. The SMILES string of the molecule is O=C(Oc1ccc([C@@H]2[C@@H]3C(=O)N(c4ccc([N+](=O)[O-])cc4)C(=O)[C@@H]3ON2c2ccc([N+](=O)[O-])cc2)cc1)c1ccccc1. The quantitative estimate of drug-likeness (QED) is 0.0978. The molecule has 0 N–H and O–H groups in total. The molecule has 0 spiro atoms. The van der Waals surface area contributed by atoms with E-state index < -0.39 is 45.7 Å². The average molecular weight is 581 g/mol. The minimum absolute atomic E-state index is 0.152. The molecular weight excluding hydrogens is 560 g/mol. The lowest BCUT2D eigenvalue weighted by molar-refractivity contribution is -0.385. The van der Waals surface area contributed by atoms with Crippen LogP contribution in [0.2, 0.25) is 0 Å². The monoisotopic (exact) mass is 580 g/mol. The topological polar surface area (TPSA) is 162 Å². The van der Waals surface area contributed by atoms with Crippen LogP contribution in [0.4, 0.5) is 22.7 Å². The zero-order valence-corrected chi connectivity index (χ0v) is 22.0. The van der Waals surface area contributed by atoms with E-state index in [2.05, 4.69) is 0 Å². The van der Waals surface area contributed by atoms with Gasteiger partial charge in [0.05, 0.1) is 32.8 Å². The Morgan fingerprint density at radius 3 is 1.84 bits per heavy atom. The number of non-ortho nitro benzene ring substituents is 2. The number of nitro benzene ring substituents is 2. The third-order valence-electron chi connectivity index (χ3n) is 7.19. The average Bonchev–Trinajstić information content (AvgIpc) is 3.53. The second-order valence-electron chi connectivity index (χ2n) is 9.71. The Labute approximate surface area is 242 Å². The van der Waals surface area contributed by atoms with Crippen LogP contribution < -0.4 is 14.7 Å². The first kappa shape index (κ1) is 27.2. The Morgan fingerprint density at radius 2 is 1.28 bits per heavy atom. The van der Waals surface area contributed by atoms with Gasteiger partial charge in [-0.2, -0.15) is 0 Å². The molecule has 4 aromatic rings. The maximum absolute atomic E-state index is 13.8. The van der Waals surface area contributed by atoms with E-state index in [1.165, 1.54) is 53.6 Å². The molecule has 2 aliphatic rings. The van der Waals surface area contributed by atoms with Gasteiger partial charge in [-0.25, -0.2) is 14.8 Å². The fraction of sp³-hybridized carbons (Fsp3) is 0.100. The van der Waals surface area contributed by atoms with Gasteiger partial charge in [-0.05, 0) is 54.1 Å². The first-order valence-corrected chi connectivity index (χ1v) is 12.9. The maximum atomic E-state index is 13.8. The summed E-state index contributed by atoms with van der Waals surface area (Å²) in [4.78, 5) is 67.9. The van der Waals surface area contributed by atoms with Gasteiger partial charge >= 0.3 is 5.97 Å². The molecule has 214 valence electrons. The normalized spacial score (nSPS) is 19.3. The van der Waals surface area contributed by atoms with E-state index in [0.717, 1.165) is 4.90 Å². The van der Waals surface area contributed by atoms with Gasteiger partial charge in [0.2, 0.25) is 5.91 Å². The number of esters is 1. The molecule has 0 saturated carbocycles. The van der Waals surface area contributed by atoms with E-state index in [4.69, 9.17) is 9.57 Å². The summed E-state index contributed by atoms with van der Waals surface area (Å²) in [6.07, 6.45) is -1.24. The fourth-order valence-corrected chi connectivity index (χ4v) is 5.15. The molecule has 0 aromatic heterocycles. The zero-order valence-electron chi connectivity index (χ0n) is 22.0. The smallest absolute Gasteiger partial charge is 0.343 e. The lowest BCUT2D eigenvalue weighted by Gasteiger charge is -2.28. The van der Waals surface area contributed by atoms with Crippen LogP contribution in [0.25, 0.3) is 0 Å². The van der Waals surface area contributed by atoms with Crippen LogP contribution in [-0.4, -0.2) is 33.7 Å². The number of imide groups is 1. The van der Waals surface area contributed by atoms with Crippen molar-refractivity contribution in [1.29, 1.82) is 0 Å². The van der Waals surface area contributed by atoms with E-state index >= 15 is 0 Å². The third kappa shape index (κ3) is 4.93. The van der Waals surface area contributed by atoms with Crippen LogP contribution in [0.15, 0.2) is 103 Å². The molecule has 4 aromatic carbocycles. The van der Waals surface area contributed by atoms with Crippen LogP contribution in [-0.2, 0) is 14.4 Å². The predicted molar refractivity (Wildman–Crippen MR) is 150 cm³/mol.